The van der Waals surface area contributed by atoms with Gasteiger partial charge in [-0.1, -0.05) is 72.3 Å². The molecular weight excluding hydrogens is 360 g/mol. The highest BCUT2D eigenvalue weighted by Crippen LogP contribution is 2.25. The Balaban J connectivity index is 1.90. The van der Waals surface area contributed by atoms with Crippen LogP contribution >= 0.6 is 11.6 Å². The fraction of sp³-hybridized carbons (Fsp3) is 0.0870. The standard InChI is InChI=1S/C23H17ClO3/c24-19-13-11-18(12-14-19)23(27)22(17-9-5-2-6-10-17)21(26)15-20(25)16-7-3-1-4-8-16/h1-14,22H,15H2. The van der Waals surface area contributed by atoms with Crippen LogP contribution in [0.5, 0.6) is 0 Å². The van der Waals surface area contributed by atoms with Crippen LogP contribution in [0.1, 0.15) is 38.6 Å². The highest BCUT2D eigenvalue weighted by molar-refractivity contribution is 6.30. The van der Waals surface area contributed by atoms with Gasteiger partial charge < -0.3 is 0 Å². The summed E-state index contributed by atoms with van der Waals surface area (Å²) in [6.45, 7) is 0. The smallest absolute Gasteiger partial charge is 0.177 e. The van der Waals surface area contributed by atoms with Crippen LogP contribution < -0.4 is 0 Å². The molecule has 0 aliphatic heterocycles. The van der Waals surface area contributed by atoms with Gasteiger partial charge in [0.15, 0.2) is 17.3 Å². The van der Waals surface area contributed by atoms with Gasteiger partial charge in [0.1, 0.15) is 5.92 Å². The first-order valence-electron chi connectivity index (χ1n) is 8.52. The Labute approximate surface area is 162 Å². The first-order chi connectivity index (χ1) is 13.1. The molecular formula is C23H17ClO3. The molecule has 1 unspecified atom stereocenters. The Morgan fingerprint density at radius 2 is 1.26 bits per heavy atom. The number of halogens is 1. The maximum atomic E-state index is 13.0. The summed E-state index contributed by atoms with van der Waals surface area (Å²) < 4.78 is 0. The molecule has 4 heteroatoms. The van der Waals surface area contributed by atoms with E-state index < -0.39 is 11.7 Å². The number of Topliss-reactive ketones (excluding diaryl/α,β-unsaturated/α-hetero) is 3. The van der Waals surface area contributed by atoms with Crippen LogP contribution in [0.2, 0.25) is 5.02 Å². The largest absolute Gasteiger partial charge is 0.298 e. The van der Waals surface area contributed by atoms with Crippen molar-refractivity contribution >= 4 is 29.0 Å². The molecule has 0 fully saturated rings. The third-order valence-electron chi connectivity index (χ3n) is 4.28. The van der Waals surface area contributed by atoms with E-state index in [0.717, 1.165) is 0 Å². The maximum absolute atomic E-state index is 13.0. The lowest BCUT2D eigenvalue weighted by atomic mass is 9.85. The van der Waals surface area contributed by atoms with Gasteiger partial charge in [0.2, 0.25) is 0 Å². The molecule has 3 rings (SSSR count). The third-order valence-corrected chi connectivity index (χ3v) is 4.53. The van der Waals surface area contributed by atoms with E-state index in [0.29, 0.717) is 21.7 Å². The topological polar surface area (TPSA) is 51.2 Å². The van der Waals surface area contributed by atoms with E-state index in [1.54, 1.807) is 78.9 Å². The van der Waals surface area contributed by atoms with Gasteiger partial charge in [-0.2, -0.15) is 0 Å². The van der Waals surface area contributed by atoms with Crippen LogP contribution in [-0.2, 0) is 4.79 Å². The Morgan fingerprint density at radius 1 is 0.704 bits per heavy atom. The second-order valence-corrected chi connectivity index (χ2v) is 6.58. The number of hydrogen-bond donors (Lipinski definition) is 0. The fourth-order valence-corrected chi connectivity index (χ4v) is 3.02. The highest BCUT2D eigenvalue weighted by atomic mass is 35.5. The van der Waals surface area contributed by atoms with E-state index in [9.17, 15) is 14.4 Å². The Morgan fingerprint density at radius 3 is 1.85 bits per heavy atom. The van der Waals surface area contributed by atoms with Gasteiger partial charge >= 0.3 is 0 Å². The molecule has 0 saturated heterocycles. The molecule has 0 aliphatic rings. The molecule has 0 amide bonds. The van der Waals surface area contributed by atoms with E-state index in [-0.39, 0.29) is 18.0 Å². The zero-order valence-electron chi connectivity index (χ0n) is 14.5. The van der Waals surface area contributed by atoms with Crippen molar-refractivity contribution in [1.29, 1.82) is 0 Å². The van der Waals surface area contributed by atoms with Crippen molar-refractivity contribution in [2.75, 3.05) is 0 Å². The van der Waals surface area contributed by atoms with E-state index in [1.165, 1.54) is 0 Å². The fourth-order valence-electron chi connectivity index (χ4n) is 2.90. The number of rotatable bonds is 7. The maximum Gasteiger partial charge on any atom is 0.177 e. The molecule has 0 aromatic heterocycles. The van der Waals surface area contributed by atoms with E-state index in [2.05, 4.69) is 0 Å². The van der Waals surface area contributed by atoms with Crippen molar-refractivity contribution in [2.45, 2.75) is 12.3 Å². The summed E-state index contributed by atoms with van der Waals surface area (Å²) >= 11 is 5.89. The molecule has 3 nitrogen and oxygen atoms in total. The van der Waals surface area contributed by atoms with E-state index in [4.69, 9.17) is 11.6 Å². The summed E-state index contributed by atoms with van der Waals surface area (Å²) in [4.78, 5) is 38.4. The van der Waals surface area contributed by atoms with Crippen LogP contribution in [0.3, 0.4) is 0 Å². The number of benzene rings is 3. The van der Waals surface area contributed by atoms with Gasteiger partial charge in [-0.25, -0.2) is 0 Å². The van der Waals surface area contributed by atoms with Crippen molar-refractivity contribution in [2.24, 2.45) is 0 Å². The normalized spacial score (nSPS) is 11.6. The lowest BCUT2D eigenvalue weighted by molar-refractivity contribution is -0.118. The molecule has 3 aromatic rings. The molecule has 3 aromatic carbocycles. The molecule has 1 atom stereocenters. The second kappa shape index (κ2) is 8.56. The first kappa shape index (κ1) is 18.7. The minimum Gasteiger partial charge on any atom is -0.298 e. The molecule has 0 aliphatic carbocycles. The molecule has 0 saturated carbocycles. The Kier molecular flexibility index (Phi) is 5.94. The molecule has 0 bridgehead atoms. The van der Waals surface area contributed by atoms with E-state index in [1.807, 2.05) is 6.07 Å². The van der Waals surface area contributed by atoms with Crippen molar-refractivity contribution in [3.05, 3.63) is 107 Å². The van der Waals surface area contributed by atoms with Crippen molar-refractivity contribution < 1.29 is 14.4 Å². The van der Waals surface area contributed by atoms with Crippen LogP contribution in [0.25, 0.3) is 0 Å². The second-order valence-electron chi connectivity index (χ2n) is 6.15. The molecule has 0 spiro atoms. The van der Waals surface area contributed by atoms with Gasteiger partial charge in [-0.3, -0.25) is 14.4 Å². The van der Waals surface area contributed by atoms with Crippen molar-refractivity contribution in [3.8, 4) is 0 Å². The van der Waals surface area contributed by atoms with Crippen LogP contribution in [0.4, 0.5) is 0 Å². The minimum atomic E-state index is -1.03. The average molecular weight is 377 g/mol. The van der Waals surface area contributed by atoms with Crippen LogP contribution in [-0.4, -0.2) is 17.3 Å². The zero-order valence-corrected chi connectivity index (χ0v) is 15.2. The van der Waals surface area contributed by atoms with Crippen molar-refractivity contribution in [3.63, 3.8) is 0 Å². The van der Waals surface area contributed by atoms with Gasteiger partial charge in [-0.05, 0) is 29.8 Å². The zero-order chi connectivity index (χ0) is 19.2. The minimum absolute atomic E-state index is 0.301. The molecule has 0 heterocycles. The van der Waals surface area contributed by atoms with Gasteiger partial charge in [-0.15, -0.1) is 0 Å². The number of hydrogen-bond acceptors (Lipinski definition) is 3. The quantitative estimate of drug-likeness (QED) is 0.423. The summed E-state index contributed by atoms with van der Waals surface area (Å²) in [5.74, 6) is -2.09. The Bertz CT molecular complexity index is 948. The predicted octanol–water partition coefficient (Wildman–Crippen LogP) is 5.15. The first-order valence-corrected chi connectivity index (χ1v) is 8.90. The van der Waals surface area contributed by atoms with Crippen LogP contribution in [0.15, 0.2) is 84.9 Å². The molecule has 27 heavy (non-hydrogen) atoms. The molecule has 134 valence electrons. The summed E-state index contributed by atoms with van der Waals surface area (Å²) in [6.07, 6.45) is -0.330. The number of carbonyl (C=O) groups is 3. The average Bonchev–Trinajstić information content (AvgIpc) is 2.70. The lowest BCUT2D eigenvalue weighted by Gasteiger charge is -2.15. The monoisotopic (exact) mass is 376 g/mol. The molecule has 0 radical (unpaired) electrons. The predicted molar refractivity (Wildman–Crippen MR) is 105 cm³/mol. The number of ketones is 3. The summed E-state index contributed by atoms with van der Waals surface area (Å²) in [5, 5.41) is 0.508. The van der Waals surface area contributed by atoms with Gasteiger partial charge in [0.05, 0.1) is 6.42 Å². The third kappa shape index (κ3) is 4.57. The van der Waals surface area contributed by atoms with Crippen LogP contribution in [0, 0.1) is 0 Å². The lowest BCUT2D eigenvalue weighted by Crippen LogP contribution is -2.24. The highest BCUT2D eigenvalue weighted by Gasteiger charge is 2.30. The SMILES string of the molecule is O=C(CC(=O)C(C(=O)c1ccc(Cl)cc1)c1ccccc1)c1ccccc1. The Hall–Kier alpha value is -3.04. The van der Waals surface area contributed by atoms with Gasteiger partial charge in [0, 0.05) is 16.1 Å². The summed E-state index contributed by atoms with van der Waals surface area (Å²) in [6, 6.07) is 23.8. The summed E-state index contributed by atoms with van der Waals surface area (Å²) in [7, 11) is 0. The van der Waals surface area contributed by atoms with E-state index >= 15 is 0 Å². The molecule has 0 N–H and O–H groups in total. The van der Waals surface area contributed by atoms with Crippen molar-refractivity contribution in [1.82, 2.24) is 0 Å². The summed E-state index contributed by atoms with van der Waals surface area (Å²) in [5.41, 5.74) is 1.41. The van der Waals surface area contributed by atoms with Gasteiger partial charge in [0.25, 0.3) is 0 Å². The number of carbonyl (C=O) groups excluding carboxylic acids is 3.